The summed E-state index contributed by atoms with van der Waals surface area (Å²) in [5.41, 5.74) is 6.24. The first kappa shape index (κ1) is 17.8. The maximum absolute atomic E-state index is 12.7. The van der Waals surface area contributed by atoms with E-state index in [9.17, 15) is 9.59 Å². The molecule has 0 saturated carbocycles. The predicted molar refractivity (Wildman–Crippen MR) is 98.4 cm³/mol. The molecule has 0 spiro atoms. The molecule has 2 N–H and O–H groups in total. The van der Waals surface area contributed by atoms with Gasteiger partial charge in [0.05, 0.1) is 18.0 Å². The number of nitrogens with two attached hydrogens (primary N) is 1. The molecule has 2 heterocycles. The highest BCUT2D eigenvalue weighted by molar-refractivity contribution is 8.00. The smallest absolute Gasteiger partial charge is 0.242 e. The van der Waals surface area contributed by atoms with Crippen LogP contribution in [0.5, 0.6) is 0 Å². The number of morpholine rings is 1. The normalized spacial score (nSPS) is 20.8. The zero-order chi connectivity index (χ0) is 18.0. The number of fused-ring (bicyclic) bond motifs is 1. The van der Waals surface area contributed by atoms with Crippen molar-refractivity contribution in [2.75, 3.05) is 18.8 Å². The highest BCUT2D eigenvalue weighted by atomic mass is 32.2. The number of hydrogen-bond acceptors (Lipinski definition) is 4. The van der Waals surface area contributed by atoms with E-state index in [2.05, 4.69) is 0 Å². The van der Waals surface area contributed by atoms with Gasteiger partial charge in [0.1, 0.15) is 6.54 Å². The Hall–Kier alpha value is -1.99. The number of para-hydroxylation sites is 1. The van der Waals surface area contributed by atoms with Gasteiger partial charge in [0.2, 0.25) is 11.8 Å². The van der Waals surface area contributed by atoms with E-state index < -0.39 is 0 Å². The fourth-order valence-corrected chi connectivity index (χ4v) is 4.06. The van der Waals surface area contributed by atoms with Crippen molar-refractivity contribution in [3.8, 4) is 0 Å². The van der Waals surface area contributed by atoms with Crippen LogP contribution in [0.1, 0.15) is 13.8 Å². The molecule has 1 saturated heterocycles. The van der Waals surface area contributed by atoms with Gasteiger partial charge in [-0.15, -0.1) is 11.8 Å². The van der Waals surface area contributed by atoms with Gasteiger partial charge in [-0.05, 0) is 19.9 Å². The van der Waals surface area contributed by atoms with Gasteiger partial charge in [-0.3, -0.25) is 9.59 Å². The molecular weight excluding hydrogens is 338 g/mol. The zero-order valence-electron chi connectivity index (χ0n) is 14.5. The summed E-state index contributed by atoms with van der Waals surface area (Å²) >= 11 is 1.40. The second-order valence-corrected chi connectivity index (χ2v) is 7.47. The Balaban J connectivity index is 1.81. The third kappa shape index (κ3) is 4.16. The molecule has 0 radical (unpaired) electrons. The molecule has 2 atom stereocenters. The van der Waals surface area contributed by atoms with Crippen LogP contribution in [-0.2, 0) is 20.9 Å². The second kappa shape index (κ2) is 7.49. The van der Waals surface area contributed by atoms with Gasteiger partial charge in [0.15, 0.2) is 0 Å². The van der Waals surface area contributed by atoms with Crippen molar-refractivity contribution in [3.63, 3.8) is 0 Å². The van der Waals surface area contributed by atoms with E-state index in [-0.39, 0.29) is 36.3 Å². The van der Waals surface area contributed by atoms with Crippen LogP contribution in [0, 0.1) is 0 Å². The first-order chi connectivity index (χ1) is 11.9. The lowest BCUT2D eigenvalue weighted by Gasteiger charge is -2.35. The number of carbonyl (C=O) groups excluding carboxylic acids is 2. The largest absolute Gasteiger partial charge is 0.372 e. The molecule has 0 unspecified atom stereocenters. The summed E-state index contributed by atoms with van der Waals surface area (Å²) < 4.78 is 7.65. The van der Waals surface area contributed by atoms with Gasteiger partial charge in [-0.1, -0.05) is 18.2 Å². The number of aromatic nitrogens is 1. The Morgan fingerprint density at radius 3 is 2.60 bits per heavy atom. The van der Waals surface area contributed by atoms with Crippen LogP contribution in [0.25, 0.3) is 10.9 Å². The summed E-state index contributed by atoms with van der Waals surface area (Å²) in [5, 5.41) is 1.03. The molecule has 1 aromatic heterocycles. The monoisotopic (exact) mass is 361 g/mol. The number of hydrogen-bond donors (Lipinski definition) is 1. The van der Waals surface area contributed by atoms with Crippen LogP contribution in [0.3, 0.4) is 0 Å². The molecule has 0 bridgehead atoms. The predicted octanol–water partition coefficient (Wildman–Crippen LogP) is 1.85. The van der Waals surface area contributed by atoms with E-state index >= 15 is 0 Å². The van der Waals surface area contributed by atoms with Crippen molar-refractivity contribution in [1.29, 1.82) is 0 Å². The highest BCUT2D eigenvalue weighted by Crippen LogP contribution is 2.30. The summed E-state index contributed by atoms with van der Waals surface area (Å²) in [6.45, 7) is 5.48. The molecule has 134 valence electrons. The Bertz CT molecular complexity index is 779. The molecule has 25 heavy (non-hydrogen) atoms. The van der Waals surface area contributed by atoms with Gasteiger partial charge < -0.3 is 19.9 Å². The number of rotatable bonds is 5. The van der Waals surface area contributed by atoms with E-state index in [0.717, 1.165) is 15.8 Å². The molecule has 1 aromatic carbocycles. The first-order valence-electron chi connectivity index (χ1n) is 8.36. The summed E-state index contributed by atoms with van der Waals surface area (Å²) in [5.74, 6) is -0.0520. The van der Waals surface area contributed by atoms with Crippen molar-refractivity contribution < 1.29 is 14.3 Å². The molecule has 3 rings (SSSR count). The standard InChI is InChI=1S/C18H23N3O3S/c1-12-7-21(8-13(2)24-12)18(23)10-20-9-16(25-11-17(19)22)14-5-3-4-6-15(14)20/h3-6,9,12-13H,7-8,10-11H2,1-2H3,(H2,19,22)/t12-,13-/m1/s1. The highest BCUT2D eigenvalue weighted by Gasteiger charge is 2.26. The van der Waals surface area contributed by atoms with Crippen molar-refractivity contribution >= 4 is 34.5 Å². The molecule has 1 aliphatic heterocycles. The zero-order valence-corrected chi connectivity index (χ0v) is 15.3. The molecule has 0 aliphatic carbocycles. The number of amides is 2. The third-order valence-corrected chi connectivity index (χ3v) is 5.27. The number of ether oxygens (including phenoxy) is 1. The van der Waals surface area contributed by atoms with Crippen LogP contribution in [0.2, 0.25) is 0 Å². The number of carbonyl (C=O) groups is 2. The van der Waals surface area contributed by atoms with Crippen molar-refractivity contribution in [2.24, 2.45) is 5.73 Å². The van der Waals surface area contributed by atoms with E-state index in [1.54, 1.807) is 0 Å². The SMILES string of the molecule is C[C@@H]1CN(C(=O)Cn2cc(SCC(N)=O)c3ccccc32)C[C@@H](C)O1. The maximum atomic E-state index is 12.7. The Morgan fingerprint density at radius 1 is 1.24 bits per heavy atom. The lowest BCUT2D eigenvalue weighted by Crippen LogP contribution is -2.49. The van der Waals surface area contributed by atoms with E-state index in [1.807, 2.05) is 53.8 Å². The van der Waals surface area contributed by atoms with Crippen LogP contribution >= 0.6 is 11.8 Å². The average Bonchev–Trinajstić information content (AvgIpc) is 2.90. The molecule has 2 amide bonds. The molecular formula is C18H23N3O3S. The summed E-state index contributed by atoms with van der Waals surface area (Å²) in [6.07, 6.45) is 2.04. The Morgan fingerprint density at radius 2 is 1.92 bits per heavy atom. The minimum absolute atomic E-state index is 0.0517. The Kier molecular flexibility index (Phi) is 5.34. The van der Waals surface area contributed by atoms with Crippen molar-refractivity contribution in [3.05, 3.63) is 30.5 Å². The number of thioether (sulfide) groups is 1. The lowest BCUT2D eigenvalue weighted by atomic mass is 10.2. The van der Waals surface area contributed by atoms with Gasteiger partial charge >= 0.3 is 0 Å². The summed E-state index contributed by atoms with van der Waals surface area (Å²) in [6, 6.07) is 7.89. The van der Waals surface area contributed by atoms with Gasteiger partial charge in [0.25, 0.3) is 0 Å². The second-order valence-electron chi connectivity index (χ2n) is 6.45. The maximum Gasteiger partial charge on any atom is 0.242 e. The van der Waals surface area contributed by atoms with Crippen LogP contribution in [-0.4, -0.2) is 52.3 Å². The van der Waals surface area contributed by atoms with Gasteiger partial charge in [-0.2, -0.15) is 0 Å². The topological polar surface area (TPSA) is 77.6 Å². The fraction of sp³-hybridized carbons (Fsp3) is 0.444. The van der Waals surface area contributed by atoms with Crippen molar-refractivity contribution in [1.82, 2.24) is 9.47 Å². The minimum Gasteiger partial charge on any atom is -0.372 e. The van der Waals surface area contributed by atoms with Crippen LogP contribution < -0.4 is 5.73 Å². The quantitative estimate of drug-likeness (QED) is 0.825. The minimum atomic E-state index is -0.353. The fourth-order valence-electron chi connectivity index (χ4n) is 3.24. The van der Waals surface area contributed by atoms with Gasteiger partial charge in [0, 0.05) is 35.1 Å². The third-order valence-electron chi connectivity index (χ3n) is 4.20. The number of nitrogens with zero attached hydrogens (tertiary/aromatic N) is 2. The van der Waals surface area contributed by atoms with E-state index in [1.165, 1.54) is 11.8 Å². The molecule has 1 aliphatic rings. The molecule has 7 heteroatoms. The lowest BCUT2D eigenvalue weighted by molar-refractivity contribution is -0.143. The van der Waals surface area contributed by atoms with E-state index in [4.69, 9.17) is 10.5 Å². The summed E-state index contributed by atoms with van der Waals surface area (Å²) in [4.78, 5) is 26.7. The molecule has 6 nitrogen and oxygen atoms in total. The van der Waals surface area contributed by atoms with Crippen LogP contribution in [0.15, 0.2) is 35.4 Å². The number of primary amides is 1. The van der Waals surface area contributed by atoms with Crippen LogP contribution in [0.4, 0.5) is 0 Å². The Labute approximate surface area is 151 Å². The number of benzene rings is 1. The summed E-state index contributed by atoms with van der Waals surface area (Å²) in [7, 11) is 0. The molecule has 2 aromatic rings. The average molecular weight is 361 g/mol. The first-order valence-corrected chi connectivity index (χ1v) is 9.35. The van der Waals surface area contributed by atoms with E-state index in [0.29, 0.717) is 13.1 Å². The van der Waals surface area contributed by atoms with Crippen molar-refractivity contribution in [2.45, 2.75) is 37.5 Å². The van der Waals surface area contributed by atoms with Gasteiger partial charge in [-0.25, -0.2) is 0 Å². The molecule has 1 fully saturated rings.